The summed E-state index contributed by atoms with van der Waals surface area (Å²) >= 11 is 0. The van der Waals surface area contributed by atoms with Crippen molar-refractivity contribution in [2.45, 2.75) is 6.92 Å². The van der Waals surface area contributed by atoms with Crippen molar-refractivity contribution in [3.8, 4) is 17.6 Å². The van der Waals surface area contributed by atoms with Crippen LogP contribution in [0.15, 0.2) is 48.5 Å². The molecule has 0 aliphatic rings. The number of benzene rings is 2. The zero-order valence-electron chi connectivity index (χ0n) is 12.7. The second-order valence-corrected chi connectivity index (χ2v) is 4.72. The molecule has 0 aliphatic heterocycles. The number of ether oxygens (including phenoxy) is 1. The highest BCUT2D eigenvalue weighted by atomic mass is 19.1. The summed E-state index contributed by atoms with van der Waals surface area (Å²) in [4.78, 5) is 11.6. The number of nitrogens with one attached hydrogen (secondary N) is 2. The Morgan fingerprint density at radius 3 is 2.61 bits per heavy atom. The Kier molecular flexibility index (Phi) is 6.01. The smallest absolute Gasteiger partial charge is 0.319 e. The van der Waals surface area contributed by atoms with Crippen LogP contribution in [0.2, 0.25) is 0 Å². The highest BCUT2D eigenvalue weighted by Gasteiger charge is 1.99. The van der Waals surface area contributed by atoms with Gasteiger partial charge < -0.3 is 15.4 Å². The van der Waals surface area contributed by atoms with Gasteiger partial charge in [0.1, 0.15) is 18.2 Å². The largest absolute Gasteiger partial charge is 0.481 e. The maximum atomic E-state index is 12.7. The monoisotopic (exact) mass is 312 g/mol. The quantitative estimate of drug-likeness (QED) is 0.851. The van der Waals surface area contributed by atoms with E-state index in [0.717, 1.165) is 11.3 Å². The van der Waals surface area contributed by atoms with Crippen LogP contribution in [-0.4, -0.2) is 19.2 Å². The Hall–Kier alpha value is -3.00. The van der Waals surface area contributed by atoms with E-state index in [9.17, 15) is 9.18 Å². The van der Waals surface area contributed by atoms with Crippen molar-refractivity contribution in [3.63, 3.8) is 0 Å². The fourth-order valence-corrected chi connectivity index (χ4v) is 1.78. The summed E-state index contributed by atoms with van der Waals surface area (Å²) in [6, 6.07) is 12.8. The van der Waals surface area contributed by atoms with Crippen LogP contribution in [0, 0.1) is 24.6 Å². The van der Waals surface area contributed by atoms with Gasteiger partial charge in [-0.2, -0.15) is 0 Å². The van der Waals surface area contributed by atoms with E-state index in [0.29, 0.717) is 5.69 Å². The fourth-order valence-electron chi connectivity index (χ4n) is 1.78. The van der Waals surface area contributed by atoms with Crippen molar-refractivity contribution in [2.24, 2.45) is 0 Å². The average molecular weight is 312 g/mol. The molecule has 4 nitrogen and oxygen atoms in total. The van der Waals surface area contributed by atoms with Gasteiger partial charge >= 0.3 is 6.03 Å². The number of amides is 2. The maximum Gasteiger partial charge on any atom is 0.319 e. The molecule has 118 valence electrons. The molecule has 0 fully saturated rings. The highest BCUT2D eigenvalue weighted by molar-refractivity contribution is 5.89. The topological polar surface area (TPSA) is 50.4 Å². The normalized spacial score (nSPS) is 9.48. The Morgan fingerprint density at radius 2 is 1.87 bits per heavy atom. The first-order chi connectivity index (χ1) is 11.1. The van der Waals surface area contributed by atoms with Crippen LogP contribution in [0.1, 0.15) is 5.56 Å². The van der Waals surface area contributed by atoms with E-state index in [2.05, 4.69) is 22.5 Å². The van der Waals surface area contributed by atoms with Gasteiger partial charge in [0.25, 0.3) is 0 Å². The SMILES string of the molecule is Cc1ccccc1OCC#CCNC(=O)Nc1ccc(F)cc1. The summed E-state index contributed by atoms with van der Waals surface area (Å²) in [7, 11) is 0. The lowest BCUT2D eigenvalue weighted by molar-refractivity contribution is 0.253. The van der Waals surface area contributed by atoms with Gasteiger partial charge in [0.15, 0.2) is 0 Å². The molecule has 0 aromatic heterocycles. The van der Waals surface area contributed by atoms with Crippen molar-refractivity contribution in [3.05, 3.63) is 59.9 Å². The van der Waals surface area contributed by atoms with Gasteiger partial charge in [0, 0.05) is 5.69 Å². The van der Waals surface area contributed by atoms with E-state index < -0.39 is 6.03 Å². The minimum Gasteiger partial charge on any atom is -0.481 e. The van der Waals surface area contributed by atoms with Gasteiger partial charge in [-0.1, -0.05) is 30.0 Å². The first-order valence-corrected chi connectivity index (χ1v) is 7.10. The van der Waals surface area contributed by atoms with Gasteiger partial charge in [0.05, 0.1) is 6.54 Å². The zero-order chi connectivity index (χ0) is 16.5. The number of aryl methyl sites for hydroxylation is 1. The third kappa shape index (κ3) is 5.71. The number of hydrogen-bond acceptors (Lipinski definition) is 2. The van der Waals surface area contributed by atoms with Crippen LogP contribution in [-0.2, 0) is 0 Å². The fraction of sp³-hybridized carbons (Fsp3) is 0.167. The van der Waals surface area contributed by atoms with Crippen LogP contribution in [0.4, 0.5) is 14.9 Å². The number of hydrogen-bond donors (Lipinski definition) is 2. The van der Waals surface area contributed by atoms with E-state index in [4.69, 9.17) is 4.74 Å². The predicted molar refractivity (Wildman–Crippen MR) is 87.9 cm³/mol. The van der Waals surface area contributed by atoms with Crippen molar-refractivity contribution in [1.82, 2.24) is 5.32 Å². The number of urea groups is 1. The molecule has 0 saturated carbocycles. The number of para-hydroxylation sites is 1. The molecule has 2 aromatic rings. The number of anilines is 1. The highest BCUT2D eigenvalue weighted by Crippen LogP contribution is 2.15. The van der Waals surface area contributed by atoms with Crippen LogP contribution in [0.3, 0.4) is 0 Å². The van der Waals surface area contributed by atoms with E-state index in [1.165, 1.54) is 24.3 Å². The summed E-state index contributed by atoms with van der Waals surface area (Å²) in [5.41, 5.74) is 1.56. The van der Waals surface area contributed by atoms with Gasteiger partial charge in [-0.25, -0.2) is 9.18 Å². The van der Waals surface area contributed by atoms with E-state index in [-0.39, 0.29) is 19.0 Å². The van der Waals surface area contributed by atoms with Crippen molar-refractivity contribution >= 4 is 11.7 Å². The molecule has 23 heavy (non-hydrogen) atoms. The number of carbonyl (C=O) groups is 1. The molecule has 0 saturated heterocycles. The van der Waals surface area contributed by atoms with Crippen LogP contribution < -0.4 is 15.4 Å². The lowest BCUT2D eigenvalue weighted by Crippen LogP contribution is -2.28. The van der Waals surface area contributed by atoms with Crippen LogP contribution in [0.25, 0.3) is 0 Å². The lowest BCUT2D eigenvalue weighted by Gasteiger charge is -2.05. The van der Waals surface area contributed by atoms with Crippen LogP contribution >= 0.6 is 0 Å². The summed E-state index contributed by atoms with van der Waals surface area (Å²) in [6.45, 7) is 2.42. The number of halogens is 1. The van der Waals surface area contributed by atoms with E-state index >= 15 is 0 Å². The second-order valence-electron chi connectivity index (χ2n) is 4.72. The van der Waals surface area contributed by atoms with Gasteiger partial charge in [-0.15, -0.1) is 0 Å². The first kappa shape index (κ1) is 16.4. The molecular weight excluding hydrogens is 295 g/mol. The molecule has 0 spiro atoms. The molecule has 0 atom stereocenters. The van der Waals surface area contributed by atoms with Crippen molar-refractivity contribution in [2.75, 3.05) is 18.5 Å². The van der Waals surface area contributed by atoms with Crippen molar-refractivity contribution in [1.29, 1.82) is 0 Å². The molecule has 0 radical (unpaired) electrons. The first-order valence-electron chi connectivity index (χ1n) is 7.10. The average Bonchev–Trinajstić information content (AvgIpc) is 2.54. The predicted octanol–water partition coefficient (Wildman–Crippen LogP) is 3.34. The van der Waals surface area contributed by atoms with Crippen LogP contribution in [0.5, 0.6) is 5.75 Å². The molecule has 5 heteroatoms. The van der Waals surface area contributed by atoms with Gasteiger partial charge in [-0.3, -0.25) is 0 Å². The molecule has 0 aliphatic carbocycles. The summed E-state index contributed by atoms with van der Waals surface area (Å²) < 4.78 is 18.2. The Balaban J connectivity index is 1.68. The third-order valence-corrected chi connectivity index (χ3v) is 2.96. The summed E-state index contributed by atoms with van der Waals surface area (Å²) in [5, 5.41) is 5.16. The van der Waals surface area contributed by atoms with Gasteiger partial charge in [-0.05, 0) is 42.8 Å². The van der Waals surface area contributed by atoms with E-state index in [1.54, 1.807) is 0 Å². The minimum atomic E-state index is -0.397. The molecule has 2 amide bonds. The summed E-state index contributed by atoms with van der Waals surface area (Å²) in [6.07, 6.45) is 0. The maximum absolute atomic E-state index is 12.7. The molecule has 2 rings (SSSR count). The Morgan fingerprint density at radius 1 is 1.13 bits per heavy atom. The Labute approximate surface area is 134 Å². The van der Waals surface area contributed by atoms with Gasteiger partial charge in [0.2, 0.25) is 0 Å². The number of carbonyl (C=O) groups excluding carboxylic acids is 1. The second kappa shape index (κ2) is 8.44. The van der Waals surface area contributed by atoms with E-state index in [1.807, 2.05) is 31.2 Å². The lowest BCUT2D eigenvalue weighted by atomic mass is 10.2. The summed E-state index contributed by atoms with van der Waals surface area (Å²) in [5.74, 6) is 6.06. The molecule has 0 bridgehead atoms. The minimum absolute atomic E-state index is 0.199. The molecular formula is C18H17FN2O2. The van der Waals surface area contributed by atoms with Crippen molar-refractivity contribution < 1.29 is 13.9 Å². The molecule has 0 heterocycles. The Bertz CT molecular complexity index is 718. The molecule has 2 aromatic carbocycles. The third-order valence-electron chi connectivity index (χ3n) is 2.96. The molecule has 2 N–H and O–H groups in total. The number of rotatable bonds is 4. The standard InChI is InChI=1S/C18H17FN2O2/c1-14-6-2-3-7-17(14)23-13-5-4-12-20-18(22)21-16-10-8-15(19)9-11-16/h2-3,6-11H,12-13H2,1H3,(H2,20,21,22). The zero-order valence-corrected chi connectivity index (χ0v) is 12.7. The molecule has 0 unspecified atom stereocenters.